The molecule has 0 spiro atoms. The van der Waals surface area contributed by atoms with Crippen molar-refractivity contribution >= 4 is 23.2 Å². The van der Waals surface area contributed by atoms with E-state index in [4.69, 9.17) is 4.74 Å². The third kappa shape index (κ3) is 4.29. The van der Waals surface area contributed by atoms with Crippen LogP contribution in [0.15, 0.2) is 17.5 Å². The molecule has 0 radical (unpaired) electrons. The van der Waals surface area contributed by atoms with Crippen molar-refractivity contribution in [2.24, 2.45) is 11.8 Å². The molecule has 6 heteroatoms. The van der Waals surface area contributed by atoms with E-state index in [-0.39, 0.29) is 23.8 Å². The highest BCUT2D eigenvalue weighted by Gasteiger charge is 2.37. The summed E-state index contributed by atoms with van der Waals surface area (Å²) in [6.07, 6.45) is 6.00. The Kier molecular flexibility index (Phi) is 5.60. The van der Waals surface area contributed by atoms with Crippen molar-refractivity contribution in [2.45, 2.75) is 51.2 Å². The van der Waals surface area contributed by atoms with E-state index in [9.17, 15) is 9.59 Å². The summed E-state index contributed by atoms with van der Waals surface area (Å²) in [5.74, 6) is 0.870. The van der Waals surface area contributed by atoms with Gasteiger partial charge in [0.1, 0.15) is 0 Å². The van der Waals surface area contributed by atoms with Crippen LogP contribution >= 0.6 is 11.3 Å². The third-order valence-corrected chi connectivity index (χ3v) is 6.63. The molecule has 1 aromatic heterocycles. The molecule has 26 heavy (non-hydrogen) atoms. The van der Waals surface area contributed by atoms with Crippen LogP contribution in [0.2, 0.25) is 0 Å². The lowest BCUT2D eigenvalue weighted by atomic mass is 9.94. The first-order valence-electron chi connectivity index (χ1n) is 9.92. The molecule has 5 nitrogen and oxygen atoms in total. The second-order valence-electron chi connectivity index (χ2n) is 7.81. The van der Waals surface area contributed by atoms with E-state index in [0.717, 1.165) is 58.2 Å². The molecule has 0 N–H and O–H groups in total. The molecule has 1 saturated carbocycles. The first-order chi connectivity index (χ1) is 12.7. The van der Waals surface area contributed by atoms with Crippen molar-refractivity contribution in [1.82, 2.24) is 9.80 Å². The van der Waals surface area contributed by atoms with Crippen LogP contribution in [0.5, 0.6) is 0 Å². The Labute approximate surface area is 159 Å². The summed E-state index contributed by atoms with van der Waals surface area (Å²) in [6.45, 7) is 3.65. The van der Waals surface area contributed by atoms with E-state index < -0.39 is 0 Å². The number of hydrogen-bond donors (Lipinski definition) is 0. The molecule has 3 fully saturated rings. The fourth-order valence-corrected chi connectivity index (χ4v) is 4.77. The van der Waals surface area contributed by atoms with Gasteiger partial charge in [0.25, 0.3) is 0 Å². The smallest absolute Gasteiger partial charge is 0.226 e. The third-order valence-electron chi connectivity index (χ3n) is 5.77. The number of ether oxygens (including phenoxy) is 1. The van der Waals surface area contributed by atoms with Crippen LogP contribution in [0.4, 0.5) is 0 Å². The second kappa shape index (κ2) is 8.09. The van der Waals surface area contributed by atoms with Gasteiger partial charge in [-0.2, -0.15) is 0 Å². The maximum atomic E-state index is 13.2. The van der Waals surface area contributed by atoms with Crippen LogP contribution < -0.4 is 0 Å². The van der Waals surface area contributed by atoms with Crippen molar-refractivity contribution in [3.63, 3.8) is 0 Å². The minimum atomic E-state index is 0.0413. The lowest BCUT2D eigenvalue weighted by Gasteiger charge is -2.35. The van der Waals surface area contributed by atoms with Gasteiger partial charge >= 0.3 is 0 Å². The Bertz CT molecular complexity index is 615. The van der Waals surface area contributed by atoms with Gasteiger partial charge in [-0.25, -0.2) is 0 Å². The van der Waals surface area contributed by atoms with Crippen LogP contribution in [0.25, 0.3) is 0 Å². The molecular formula is C20H28N2O3S. The van der Waals surface area contributed by atoms with Crippen molar-refractivity contribution in [3.05, 3.63) is 22.4 Å². The van der Waals surface area contributed by atoms with Crippen LogP contribution in [-0.4, -0.2) is 54.0 Å². The van der Waals surface area contributed by atoms with Crippen molar-refractivity contribution < 1.29 is 14.3 Å². The topological polar surface area (TPSA) is 49.9 Å². The average Bonchev–Trinajstić information content (AvgIpc) is 3.15. The van der Waals surface area contributed by atoms with E-state index in [1.54, 1.807) is 11.3 Å². The number of nitrogens with zero attached hydrogens (tertiary/aromatic N) is 2. The van der Waals surface area contributed by atoms with Crippen LogP contribution in [0.3, 0.4) is 0 Å². The largest absolute Gasteiger partial charge is 0.376 e. The minimum absolute atomic E-state index is 0.0413. The van der Waals surface area contributed by atoms with Gasteiger partial charge in [0.05, 0.1) is 12.6 Å². The van der Waals surface area contributed by atoms with E-state index in [0.29, 0.717) is 19.0 Å². The standard InChI is InChI=1S/C20H28N2O3S/c23-19(15-5-6-15)21-9-7-16(8-10-21)20(24)22(13-17-3-1-11-25-17)14-18-4-2-12-26-18/h2,4,12,15-17H,1,3,5-11,13-14H2. The summed E-state index contributed by atoms with van der Waals surface area (Å²) in [5, 5.41) is 2.06. The van der Waals surface area contributed by atoms with Crippen LogP contribution in [0, 0.1) is 11.8 Å². The quantitative estimate of drug-likeness (QED) is 0.767. The lowest BCUT2D eigenvalue weighted by molar-refractivity contribution is -0.142. The number of piperidine rings is 1. The van der Waals surface area contributed by atoms with E-state index >= 15 is 0 Å². The van der Waals surface area contributed by atoms with Gasteiger partial charge in [0, 0.05) is 43.0 Å². The van der Waals surface area contributed by atoms with Gasteiger partial charge in [0.15, 0.2) is 0 Å². The number of hydrogen-bond acceptors (Lipinski definition) is 4. The molecule has 142 valence electrons. The zero-order valence-electron chi connectivity index (χ0n) is 15.3. The van der Waals surface area contributed by atoms with Gasteiger partial charge in [-0.3, -0.25) is 9.59 Å². The molecule has 3 aliphatic rings. The molecule has 1 unspecified atom stereocenters. The number of thiophene rings is 1. The molecule has 1 aliphatic carbocycles. The Morgan fingerprint density at radius 3 is 2.58 bits per heavy atom. The fourth-order valence-electron chi connectivity index (χ4n) is 4.05. The normalized spacial score (nSPS) is 24.0. The van der Waals surface area contributed by atoms with Gasteiger partial charge in [-0.05, 0) is 50.0 Å². The molecule has 2 saturated heterocycles. The predicted molar refractivity (Wildman–Crippen MR) is 101 cm³/mol. The molecule has 0 aromatic carbocycles. The van der Waals surface area contributed by atoms with Crippen LogP contribution in [0.1, 0.15) is 43.4 Å². The Morgan fingerprint density at radius 1 is 1.15 bits per heavy atom. The molecule has 3 heterocycles. The lowest BCUT2D eigenvalue weighted by Crippen LogP contribution is -2.46. The Hall–Kier alpha value is -1.40. The first kappa shape index (κ1) is 18.0. The first-order valence-corrected chi connectivity index (χ1v) is 10.8. The zero-order valence-corrected chi connectivity index (χ0v) is 16.1. The molecule has 2 aliphatic heterocycles. The van der Waals surface area contributed by atoms with E-state index in [2.05, 4.69) is 11.4 Å². The minimum Gasteiger partial charge on any atom is -0.376 e. The summed E-state index contributed by atoms with van der Waals surface area (Å²) >= 11 is 1.70. The highest BCUT2D eigenvalue weighted by Crippen LogP contribution is 2.33. The molecule has 1 aromatic rings. The fraction of sp³-hybridized carbons (Fsp3) is 0.700. The predicted octanol–water partition coefficient (Wildman–Crippen LogP) is 2.90. The van der Waals surface area contributed by atoms with Crippen molar-refractivity contribution in [2.75, 3.05) is 26.2 Å². The van der Waals surface area contributed by atoms with Gasteiger partial charge in [-0.15, -0.1) is 11.3 Å². The molecule has 4 rings (SSSR count). The van der Waals surface area contributed by atoms with Gasteiger partial charge in [-0.1, -0.05) is 6.07 Å². The maximum absolute atomic E-state index is 13.2. The van der Waals surface area contributed by atoms with Crippen LogP contribution in [-0.2, 0) is 20.9 Å². The highest BCUT2D eigenvalue weighted by molar-refractivity contribution is 7.09. The number of carbonyl (C=O) groups excluding carboxylic acids is 2. The average molecular weight is 377 g/mol. The van der Waals surface area contributed by atoms with Crippen molar-refractivity contribution in [3.8, 4) is 0 Å². The molecular weight excluding hydrogens is 348 g/mol. The summed E-state index contributed by atoms with van der Waals surface area (Å²) in [6, 6.07) is 4.13. The summed E-state index contributed by atoms with van der Waals surface area (Å²) in [4.78, 5) is 30.6. The summed E-state index contributed by atoms with van der Waals surface area (Å²) < 4.78 is 5.78. The van der Waals surface area contributed by atoms with Gasteiger partial charge in [0.2, 0.25) is 11.8 Å². The molecule has 1 atom stereocenters. The highest BCUT2D eigenvalue weighted by atomic mass is 32.1. The SMILES string of the molecule is O=C(C1CC1)N1CCC(C(=O)N(Cc2cccs2)CC2CCCO2)CC1. The number of likely N-dealkylation sites (tertiary alicyclic amines) is 1. The van der Waals surface area contributed by atoms with E-state index in [1.807, 2.05) is 15.9 Å². The van der Waals surface area contributed by atoms with Crippen molar-refractivity contribution in [1.29, 1.82) is 0 Å². The molecule has 2 amide bonds. The summed E-state index contributed by atoms with van der Waals surface area (Å²) in [5.41, 5.74) is 0. The number of amides is 2. The Balaban J connectivity index is 1.36. The summed E-state index contributed by atoms with van der Waals surface area (Å²) in [7, 11) is 0. The van der Waals surface area contributed by atoms with Gasteiger partial charge < -0.3 is 14.5 Å². The maximum Gasteiger partial charge on any atom is 0.226 e. The van der Waals surface area contributed by atoms with E-state index in [1.165, 1.54) is 4.88 Å². The zero-order chi connectivity index (χ0) is 17.9. The molecule has 0 bridgehead atoms. The monoisotopic (exact) mass is 376 g/mol. The second-order valence-corrected chi connectivity index (χ2v) is 8.84. The number of carbonyl (C=O) groups is 2. The Morgan fingerprint density at radius 2 is 1.96 bits per heavy atom. The number of rotatable bonds is 6.